The minimum Gasteiger partial charge on any atom is -0.464 e. The molecule has 7 heteroatoms. The number of carbonyl (C=O) groups is 3. The van der Waals surface area contributed by atoms with Gasteiger partial charge in [-0.3, -0.25) is 4.79 Å². The molecule has 1 N–H and O–H groups in total. The summed E-state index contributed by atoms with van der Waals surface area (Å²) in [6.45, 7) is 4.68. The maximum Gasteiger partial charge on any atom is 0.340 e. The molecular formula is C9H15NNaO5. The van der Waals surface area contributed by atoms with Gasteiger partial charge < -0.3 is 14.8 Å². The molecule has 1 amide bonds. The Balaban J connectivity index is 0. The number of carbonyl (C=O) groups excluding carboxylic acids is 3. The Morgan fingerprint density at radius 1 is 1.06 bits per heavy atom. The van der Waals surface area contributed by atoms with Crippen molar-refractivity contribution < 1.29 is 23.9 Å². The van der Waals surface area contributed by atoms with E-state index in [0.717, 1.165) is 0 Å². The van der Waals surface area contributed by atoms with Crippen molar-refractivity contribution in [2.75, 3.05) is 13.2 Å². The Hall–Kier alpha value is -0.590. The van der Waals surface area contributed by atoms with Crippen LogP contribution in [0.4, 0.5) is 0 Å². The molecule has 0 aliphatic rings. The fourth-order valence-corrected chi connectivity index (χ4v) is 0.869. The third-order valence-electron chi connectivity index (χ3n) is 1.39. The van der Waals surface area contributed by atoms with Gasteiger partial charge in [-0.2, -0.15) is 0 Å². The molecule has 0 fully saturated rings. The summed E-state index contributed by atoms with van der Waals surface area (Å²) in [7, 11) is 0. The molecule has 0 aromatic carbocycles. The van der Waals surface area contributed by atoms with Crippen molar-refractivity contribution in [3.05, 3.63) is 0 Å². The number of rotatable bonds is 5. The van der Waals surface area contributed by atoms with Crippen molar-refractivity contribution in [1.82, 2.24) is 5.32 Å². The molecule has 0 spiro atoms. The van der Waals surface area contributed by atoms with Gasteiger partial charge in [0.05, 0.1) is 13.2 Å². The summed E-state index contributed by atoms with van der Waals surface area (Å²) < 4.78 is 9.24. The molecule has 0 aliphatic heterocycles. The molecule has 0 bridgehead atoms. The van der Waals surface area contributed by atoms with E-state index in [1.54, 1.807) is 13.8 Å². The van der Waals surface area contributed by atoms with E-state index in [1.165, 1.54) is 6.92 Å². The normalized spacial score (nSPS) is 9.00. The number of hydrogen-bond donors (Lipinski definition) is 1. The van der Waals surface area contributed by atoms with E-state index in [2.05, 4.69) is 14.8 Å². The van der Waals surface area contributed by atoms with E-state index in [0.29, 0.717) is 0 Å². The van der Waals surface area contributed by atoms with E-state index in [-0.39, 0.29) is 42.8 Å². The molecule has 0 heterocycles. The second-order valence-corrected chi connectivity index (χ2v) is 2.64. The van der Waals surface area contributed by atoms with Crippen LogP contribution in [0.2, 0.25) is 0 Å². The van der Waals surface area contributed by atoms with Crippen molar-refractivity contribution >= 4 is 47.4 Å². The molecule has 0 rings (SSSR count). The molecule has 0 saturated heterocycles. The van der Waals surface area contributed by atoms with Gasteiger partial charge in [-0.25, -0.2) is 9.59 Å². The maximum atomic E-state index is 11.3. The average Bonchev–Trinajstić information content (AvgIpc) is 2.14. The Morgan fingerprint density at radius 2 is 1.44 bits per heavy atom. The largest absolute Gasteiger partial charge is 0.464 e. The van der Waals surface area contributed by atoms with E-state index in [4.69, 9.17) is 0 Å². The molecule has 16 heavy (non-hydrogen) atoms. The van der Waals surface area contributed by atoms with Crippen LogP contribution < -0.4 is 5.32 Å². The van der Waals surface area contributed by atoms with Crippen LogP contribution in [-0.2, 0) is 23.9 Å². The van der Waals surface area contributed by atoms with Gasteiger partial charge in [-0.05, 0) is 13.8 Å². The fraction of sp³-hybridized carbons (Fsp3) is 0.667. The number of amides is 1. The van der Waals surface area contributed by atoms with Crippen LogP contribution in [0.15, 0.2) is 0 Å². The quantitative estimate of drug-likeness (QED) is 0.388. The molecular weight excluding hydrogens is 225 g/mol. The Labute approximate surface area is 116 Å². The summed E-state index contributed by atoms with van der Waals surface area (Å²) in [6, 6.07) is -1.37. The summed E-state index contributed by atoms with van der Waals surface area (Å²) in [5, 5.41) is 2.16. The third kappa shape index (κ3) is 6.81. The first kappa shape index (κ1) is 17.8. The van der Waals surface area contributed by atoms with Crippen molar-refractivity contribution in [2.45, 2.75) is 26.8 Å². The predicted octanol–water partition coefficient (Wildman–Crippen LogP) is -0.763. The zero-order valence-corrected chi connectivity index (χ0v) is 12.0. The Bertz CT molecular complexity index is 238. The predicted molar refractivity (Wildman–Crippen MR) is 56.6 cm³/mol. The van der Waals surface area contributed by atoms with Crippen molar-refractivity contribution in [2.24, 2.45) is 0 Å². The molecule has 0 aromatic rings. The second-order valence-electron chi connectivity index (χ2n) is 2.64. The summed E-state index contributed by atoms with van der Waals surface area (Å²) in [6.07, 6.45) is 0. The molecule has 87 valence electrons. The maximum absolute atomic E-state index is 11.3. The number of hydrogen-bond acceptors (Lipinski definition) is 5. The molecule has 0 unspecified atom stereocenters. The fourth-order valence-electron chi connectivity index (χ4n) is 0.869. The molecule has 1 radical (unpaired) electrons. The molecule has 0 saturated carbocycles. The van der Waals surface area contributed by atoms with Gasteiger partial charge in [0.25, 0.3) is 0 Å². The number of esters is 2. The van der Waals surface area contributed by atoms with Crippen LogP contribution in [0.5, 0.6) is 0 Å². The van der Waals surface area contributed by atoms with Crippen molar-refractivity contribution in [3.8, 4) is 0 Å². The first-order chi connectivity index (χ1) is 7.02. The van der Waals surface area contributed by atoms with Gasteiger partial charge in [0, 0.05) is 36.5 Å². The monoisotopic (exact) mass is 240 g/mol. The number of ether oxygens (including phenoxy) is 2. The van der Waals surface area contributed by atoms with Crippen molar-refractivity contribution in [1.29, 1.82) is 0 Å². The van der Waals surface area contributed by atoms with Crippen LogP contribution in [-0.4, -0.2) is 66.7 Å². The first-order valence-electron chi connectivity index (χ1n) is 4.63. The van der Waals surface area contributed by atoms with E-state index < -0.39 is 23.9 Å². The minimum atomic E-state index is -1.37. The molecule has 6 nitrogen and oxygen atoms in total. The molecule has 0 aromatic heterocycles. The Morgan fingerprint density at radius 3 is 1.69 bits per heavy atom. The SMILES string of the molecule is CCOC(=O)C(NC(C)=O)C(=O)OCC.[Na]. The zero-order chi connectivity index (χ0) is 11.8. The molecule has 0 atom stereocenters. The van der Waals surface area contributed by atoms with Crippen molar-refractivity contribution in [3.63, 3.8) is 0 Å². The van der Waals surface area contributed by atoms with Crippen LogP contribution in [0.1, 0.15) is 20.8 Å². The number of nitrogens with one attached hydrogen (secondary N) is 1. The van der Waals surface area contributed by atoms with Gasteiger partial charge in [0.1, 0.15) is 0 Å². The second kappa shape index (κ2) is 9.62. The van der Waals surface area contributed by atoms with Gasteiger partial charge in [-0.1, -0.05) is 0 Å². The summed E-state index contributed by atoms with van der Waals surface area (Å²) in [5.41, 5.74) is 0. The standard InChI is InChI=1S/C9H15NO5.Na/c1-4-14-8(12)7(10-6(3)11)9(13)15-5-2;/h7H,4-5H2,1-3H3,(H,10,11);. The van der Waals surface area contributed by atoms with Gasteiger partial charge in [0.2, 0.25) is 11.9 Å². The summed E-state index contributed by atoms with van der Waals surface area (Å²) in [4.78, 5) is 33.3. The van der Waals surface area contributed by atoms with Gasteiger partial charge in [-0.15, -0.1) is 0 Å². The third-order valence-corrected chi connectivity index (χ3v) is 1.39. The zero-order valence-electron chi connectivity index (χ0n) is 10.0. The van der Waals surface area contributed by atoms with Crippen LogP contribution in [0, 0.1) is 0 Å². The topological polar surface area (TPSA) is 81.7 Å². The van der Waals surface area contributed by atoms with Gasteiger partial charge >= 0.3 is 11.9 Å². The van der Waals surface area contributed by atoms with E-state index in [1.807, 2.05) is 0 Å². The first-order valence-corrected chi connectivity index (χ1v) is 4.63. The smallest absolute Gasteiger partial charge is 0.340 e. The van der Waals surface area contributed by atoms with Crippen LogP contribution in [0.25, 0.3) is 0 Å². The van der Waals surface area contributed by atoms with Crippen LogP contribution >= 0.6 is 0 Å². The average molecular weight is 240 g/mol. The Kier molecular flexibility index (Phi) is 10.7. The summed E-state index contributed by atoms with van der Waals surface area (Å²) >= 11 is 0. The van der Waals surface area contributed by atoms with E-state index in [9.17, 15) is 14.4 Å². The minimum absolute atomic E-state index is 0. The van der Waals surface area contributed by atoms with Crippen LogP contribution in [0.3, 0.4) is 0 Å². The summed E-state index contributed by atoms with van der Waals surface area (Å²) in [5.74, 6) is -2.13. The van der Waals surface area contributed by atoms with Gasteiger partial charge in [0.15, 0.2) is 0 Å². The van der Waals surface area contributed by atoms with E-state index >= 15 is 0 Å². The molecule has 0 aliphatic carbocycles.